The smallest absolute Gasteiger partial charge is 0.204 e. The van der Waals surface area contributed by atoms with Gasteiger partial charge in [-0.05, 0) is 85.8 Å². The number of unbranched alkanes of at least 4 members (excludes halogenated alkanes) is 3. The summed E-state index contributed by atoms with van der Waals surface area (Å²) in [5.41, 5.74) is 0. The number of rotatable bonds is 18. The lowest BCUT2D eigenvalue weighted by atomic mass is 9.92. The Morgan fingerprint density at radius 2 is 0.860 bits per heavy atom. The van der Waals surface area contributed by atoms with Crippen molar-refractivity contribution in [1.82, 2.24) is 0 Å². The molecule has 0 aliphatic rings. The van der Waals surface area contributed by atoms with Crippen LogP contribution in [-0.2, 0) is 0 Å². The molecular formula is C51H78O3Si3. The van der Waals surface area contributed by atoms with E-state index in [4.69, 9.17) is 14.2 Å². The van der Waals surface area contributed by atoms with E-state index in [9.17, 15) is 0 Å². The SMILES string of the molecule is C=CCCCOc1c(OCCCC=C)c([Si](C)(C)C(C)(C)C)c2c(c1OCCCC=C)c1ccccc1c1ccc([Si](C)(C)C(C)(C)C)c([Si](C)(C)C(C)(C)C)c12. The molecule has 0 heterocycles. The van der Waals surface area contributed by atoms with Gasteiger partial charge in [0.25, 0.3) is 0 Å². The zero-order chi connectivity index (χ0) is 42.8. The summed E-state index contributed by atoms with van der Waals surface area (Å²) in [5, 5.41) is 12.6. The molecule has 312 valence electrons. The lowest BCUT2D eigenvalue weighted by molar-refractivity contribution is 0.242. The van der Waals surface area contributed by atoms with Gasteiger partial charge in [0, 0.05) is 5.39 Å². The van der Waals surface area contributed by atoms with E-state index in [0.717, 1.165) is 55.8 Å². The van der Waals surface area contributed by atoms with Crippen LogP contribution in [0.25, 0.3) is 32.3 Å². The highest BCUT2D eigenvalue weighted by atomic mass is 28.3. The second-order valence-corrected chi connectivity index (χ2v) is 36.8. The van der Waals surface area contributed by atoms with Crippen molar-refractivity contribution in [1.29, 1.82) is 0 Å². The lowest BCUT2D eigenvalue weighted by Crippen LogP contribution is -2.64. The van der Waals surface area contributed by atoms with Gasteiger partial charge in [-0.25, -0.2) is 0 Å². The molecule has 3 nitrogen and oxygen atoms in total. The summed E-state index contributed by atoms with van der Waals surface area (Å²) in [6.45, 7) is 51.6. The molecule has 0 aliphatic carbocycles. The first kappa shape index (κ1) is 46.6. The molecular weight excluding hydrogens is 745 g/mol. The van der Waals surface area contributed by atoms with Gasteiger partial charge in [0.1, 0.15) is 0 Å². The van der Waals surface area contributed by atoms with E-state index in [2.05, 4.69) is 158 Å². The van der Waals surface area contributed by atoms with E-state index >= 15 is 0 Å². The van der Waals surface area contributed by atoms with Crippen molar-refractivity contribution in [2.75, 3.05) is 19.8 Å². The topological polar surface area (TPSA) is 27.7 Å². The van der Waals surface area contributed by atoms with Gasteiger partial charge in [0.15, 0.2) is 11.5 Å². The Balaban J connectivity index is 2.57. The number of benzene rings is 4. The summed E-state index contributed by atoms with van der Waals surface area (Å²) in [4.78, 5) is 0. The first-order chi connectivity index (χ1) is 26.4. The van der Waals surface area contributed by atoms with E-state index < -0.39 is 24.2 Å². The van der Waals surface area contributed by atoms with E-state index in [1.165, 1.54) is 37.5 Å². The van der Waals surface area contributed by atoms with Crippen LogP contribution in [0.5, 0.6) is 17.2 Å². The summed E-state index contributed by atoms with van der Waals surface area (Å²) >= 11 is 0. The predicted octanol–water partition coefficient (Wildman–Crippen LogP) is 14.3. The zero-order valence-corrected chi connectivity index (χ0v) is 41.9. The van der Waals surface area contributed by atoms with Gasteiger partial charge in [-0.2, -0.15) is 0 Å². The molecule has 0 atom stereocenters. The van der Waals surface area contributed by atoms with Gasteiger partial charge >= 0.3 is 0 Å². The Bertz CT molecular complexity index is 2080. The highest BCUT2D eigenvalue weighted by Crippen LogP contribution is 2.52. The van der Waals surface area contributed by atoms with Crippen LogP contribution in [-0.4, -0.2) is 44.0 Å². The normalized spacial score (nSPS) is 13.3. The van der Waals surface area contributed by atoms with Crippen molar-refractivity contribution in [3.05, 3.63) is 74.4 Å². The Kier molecular flexibility index (Phi) is 14.4. The molecule has 0 aliphatic heterocycles. The monoisotopic (exact) mass is 823 g/mol. The van der Waals surface area contributed by atoms with Crippen molar-refractivity contribution in [3.63, 3.8) is 0 Å². The summed E-state index contributed by atoms with van der Waals surface area (Å²) in [6, 6.07) is 14.1. The summed E-state index contributed by atoms with van der Waals surface area (Å²) in [6.07, 6.45) is 11.2. The molecule has 0 aromatic heterocycles. The van der Waals surface area contributed by atoms with Gasteiger partial charge in [-0.3, -0.25) is 0 Å². The molecule has 4 aromatic carbocycles. The molecule has 0 spiro atoms. The minimum atomic E-state index is -2.43. The van der Waals surface area contributed by atoms with Gasteiger partial charge in [-0.1, -0.05) is 167 Å². The van der Waals surface area contributed by atoms with Crippen LogP contribution < -0.4 is 29.8 Å². The minimum absolute atomic E-state index is 0.00224. The molecule has 4 rings (SSSR count). The Morgan fingerprint density at radius 1 is 0.456 bits per heavy atom. The standard InChI is InChI=1S/C51H78O3Si3/c1-19-22-27-34-52-44-41-38-31-26-25-30-37(38)39-32-33-40(55(13,14)49(4,5)6)47(56(15,16)50(7,8)9)42(39)43(41)48(57(17,18)51(10,11)12)46(54-36-29-24-21-3)45(44)53-35-28-23-20-2/h19-21,25-26,30-33H,1-3,22-24,27-29,34-36H2,4-18H3. The summed E-state index contributed by atoms with van der Waals surface area (Å²) < 4.78 is 21.5. The molecule has 0 fully saturated rings. The van der Waals surface area contributed by atoms with E-state index in [1.54, 1.807) is 10.4 Å². The number of allylic oxidation sites excluding steroid dienone is 3. The molecule has 4 aromatic rings. The minimum Gasteiger partial charge on any atom is -0.490 e. The highest BCUT2D eigenvalue weighted by Gasteiger charge is 2.48. The maximum Gasteiger partial charge on any atom is 0.204 e. The second-order valence-electron chi connectivity index (χ2n) is 21.0. The average molecular weight is 823 g/mol. The molecule has 6 heteroatoms. The van der Waals surface area contributed by atoms with E-state index in [1.807, 2.05) is 18.2 Å². The van der Waals surface area contributed by atoms with Crippen LogP contribution in [0, 0.1) is 0 Å². The third-order valence-electron chi connectivity index (χ3n) is 14.3. The molecule has 0 unspecified atom stereocenters. The number of hydrogen-bond donors (Lipinski definition) is 0. The highest BCUT2D eigenvalue weighted by molar-refractivity contribution is 7.03. The molecule has 0 bridgehead atoms. The molecule has 0 saturated heterocycles. The molecule has 0 N–H and O–H groups in total. The van der Waals surface area contributed by atoms with Gasteiger partial charge in [-0.15, -0.1) is 19.7 Å². The van der Waals surface area contributed by atoms with Crippen molar-refractivity contribution < 1.29 is 14.2 Å². The molecule has 0 saturated carbocycles. The van der Waals surface area contributed by atoms with Gasteiger partial charge < -0.3 is 14.2 Å². The Hall–Kier alpha value is -3.07. The predicted molar refractivity (Wildman–Crippen MR) is 264 cm³/mol. The van der Waals surface area contributed by atoms with E-state index in [-0.39, 0.29) is 15.1 Å². The largest absolute Gasteiger partial charge is 0.490 e. The van der Waals surface area contributed by atoms with Gasteiger partial charge in [0.05, 0.1) is 44.0 Å². The van der Waals surface area contributed by atoms with Crippen molar-refractivity contribution >= 4 is 72.1 Å². The summed E-state index contributed by atoms with van der Waals surface area (Å²) in [5.74, 6) is 2.49. The Morgan fingerprint density at radius 3 is 1.32 bits per heavy atom. The maximum absolute atomic E-state index is 7.26. The molecule has 57 heavy (non-hydrogen) atoms. The number of ether oxygens (including phenoxy) is 3. The van der Waals surface area contributed by atoms with E-state index in [0.29, 0.717) is 19.8 Å². The lowest BCUT2D eigenvalue weighted by Gasteiger charge is -2.46. The third-order valence-corrected chi connectivity index (χ3v) is 31.0. The Labute approximate surface area is 351 Å². The second kappa shape index (κ2) is 17.6. The fourth-order valence-corrected chi connectivity index (χ4v) is 16.4. The fraction of sp³-hybridized carbons (Fsp3) is 0.529. The summed E-state index contributed by atoms with van der Waals surface area (Å²) in [7, 11) is -6.76. The number of fused-ring (bicyclic) bond motifs is 6. The van der Waals surface area contributed by atoms with Crippen molar-refractivity contribution in [3.8, 4) is 17.2 Å². The average Bonchev–Trinajstić information content (AvgIpc) is 3.11. The molecule has 0 amide bonds. The van der Waals surface area contributed by atoms with Crippen LogP contribution >= 0.6 is 0 Å². The third kappa shape index (κ3) is 8.94. The van der Waals surface area contributed by atoms with Gasteiger partial charge in [0.2, 0.25) is 5.75 Å². The molecule has 0 radical (unpaired) electrons. The van der Waals surface area contributed by atoms with Crippen LogP contribution in [0.15, 0.2) is 74.4 Å². The van der Waals surface area contributed by atoms with Crippen molar-refractivity contribution in [2.24, 2.45) is 0 Å². The van der Waals surface area contributed by atoms with Crippen LogP contribution in [0.1, 0.15) is 101 Å². The first-order valence-corrected chi connectivity index (χ1v) is 30.7. The maximum atomic E-state index is 7.26. The number of hydrogen-bond acceptors (Lipinski definition) is 3. The fourth-order valence-electron chi connectivity index (χ4n) is 7.74. The van der Waals surface area contributed by atoms with Crippen molar-refractivity contribution in [2.45, 2.75) is 155 Å². The quantitative estimate of drug-likeness (QED) is 0.0433. The van der Waals surface area contributed by atoms with Crippen LogP contribution in [0.4, 0.5) is 0 Å². The van der Waals surface area contributed by atoms with Crippen LogP contribution in [0.3, 0.4) is 0 Å². The first-order valence-electron chi connectivity index (χ1n) is 21.7. The zero-order valence-electron chi connectivity index (χ0n) is 38.9. The van der Waals surface area contributed by atoms with Crippen LogP contribution in [0.2, 0.25) is 54.4 Å².